The molecule has 4 heterocycles. The van der Waals surface area contributed by atoms with Crippen LogP contribution in [0.15, 0.2) is 23.3 Å². The largest absolute Gasteiger partial charge is 0.480 e. The molecular formula is C23H26F2N6O. The van der Waals surface area contributed by atoms with Crippen LogP contribution in [-0.2, 0) is 0 Å². The minimum absolute atomic E-state index is 0.0842. The molecule has 1 saturated carbocycles. The van der Waals surface area contributed by atoms with Gasteiger partial charge in [0, 0.05) is 42.3 Å². The minimum Gasteiger partial charge on any atom is -0.480 e. The standard InChI is InChI=1S/C23H26F2N6O/c1-12-10-13(2)27-17-5-4-16(29-19(12)17)15-11-26-20-18(15)21(32-3)31-22(30-20)28-14-6-8-23(24,25)9-7-14/h4-5,11-12,14H,6-10H2,1-3H3,(H2,26,28,30,31). The zero-order valence-corrected chi connectivity index (χ0v) is 18.4. The van der Waals surface area contributed by atoms with Gasteiger partial charge in [0.05, 0.1) is 29.6 Å². The molecule has 2 N–H and O–H groups in total. The number of methoxy groups -OCH3 is 1. The van der Waals surface area contributed by atoms with Gasteiger partial charge >= 0.3 is 0 Å². The van der Waals surface area contributed by atoms with E-state index in [0.29, 0.717) is 36.2 Å². The quantitative estimate of drug-likeness (QED) is 0.550. The molecule has 9 heteroatoms. The number of aromatic amines is 1. The number of rotatable bonds is 4. The van der Waals surface area contributed by atoms with E-state index in [0.717, 1.165) is 40.2 Å². The Morgan fingerprint density at radius 3 is 2.69 bits per heavy atom. The van der Waals surface area contributed by atoms with Gasteiger partial charge in [-0.05, 0) is 38.3 Å². The first-order valence-corrected chi connectivity index (χ1v) is 11.0. The maximum Gasteiger partial charge on any atom is 0.248 e. The molecule has 32 heavy (non-hydrogen) atoms. The van der Waals surface area contributed by atoms with Gasteiger partial charge in [-0.1, -0.05) is 6.92 Å². The normalized spacial score (nSPS) is 20.7. The fourth-order valence-corrected chi connectivity index (χ4v) is 4.65. The Bertz CT molecular complexity index is 1190. The Labute approximate surface area is 184 Å². The number of fused-ring (bicyclic) bond motifs is 2. The van der Waals surface area contributed by atoms with Crippen LogP contribution in [0.2, 0.25) is 0 Å². The zero-order chi connectivity index (χ0) is 22.5. The molecule has 1 aliphatic heterocycles. The maximum atomic E-state index is 13.5. The molecule has 0 amide bonds. The van der Waals surface area contributed by atoms with Crippen molar-refractivity contribution in [2.24, 2.45) is 4.99 Å². The molecule has 1 atom stereocenters. The minimum atomic E-state index is -2.57. The number of hydrogen-bond donors (Lipinski definition) is 2. The Morgan fingerprint density at radius 1 is 1.16 bits per heavy atom. The van der Waals surface area contributed by atoms with Crippen LogP contribution in [0.3, 0.4) is 0 Å². The van der Waals surface area contributed by atoms with Crippen molar-refractivity contribution in [2.45, 2.75) is 63.8 Å². The fourth-order valence-electron chi connectivity index (χ4n) is 4.65. The lowest BCUT2D eigenvalue weighted by Crippen LogP contribution is -2.32. The van der Waals surface area contributed by atoms with E-state index in [2.05, 4.69) is 32.2 Å². The molecule has 0 radical (unpaired) electrons. The van der Waals surface area contributed by atoms with Gasteiger partial charge in [-0.2, -0.15) is 9.97 Å². The number of nitrogens with zero attached hydrogens (tertiary/aromatic N) is 4. The highest BCUT2D eigenvalue weighted by atomic mass is 19.3. The number of H-pyrrole nitrogens is 1. The summed E-state index contributed by atoms with van der Waals surface area (Å²) in [5, 5.41) is 3.94. The summed E-state index contributed by atoms with van der Waals surface area (Å²) in [6.07, 6.45) is 3.26. The van der Waals surface area contributed by atoms with E-state index >= 15 is 0 Å². The lowest BCUT2D eigenvalue weighted by atomic mass is 9.92. The van der Waals surface area contributed by atoms with Gasteiger partial charge in [0.25, 0.3) is 0 Å². The molecule has 0 bridgehead atoms. The van der Waals surface area contributed by atoms with Crippen LogP contribution in [0, 0.1) is 0 Å². The SMILES string of the molecule is COc1nc(NC2CCC(F)(F)CC2)nc2[nH]cc(-c3ccc4c(n3)C(C)CC(C)=N4)c12. The topological polar surface area (TPSA) is 88.1 Å². The number of ether oxygens (including phenoxy) is 1. The Balaban J connectivity index is 1.48. The summed E-state index contributed by atoms with van der Waals surface area (Å²) < 4.78 is 32.5. The van der Waals surface area contributed by atoms with Crippen LogP contribution in [-0.4, -0.2) is 44.7 Å². The van der Waals surface area contributed by atoms with Crippen LogP contribution < -0.4 is 10.1 Å². The highest BCUT2D eigenvalue weighted by molar-refractivity contribution is 5.97. The van der Waals surface area contributed by atoms with Crippen molar-refractivity contribution in [1.29, 1.82) is 0 Å². The number of anilines is 1. The first-order valence-electron chi connectivity index (χ1n) is 11.0. The van der Waals surface area contributed by atoms with Gasteiger partial charge in [0.2, 0.25) is 17.8 Å². The van der Waals surface area contributed by atoms with Crippen LogP contribution in [0.5, 0.6) is 5.88 Å². The number of alkyl halides is 2. The van der Waals surface area contributed by atoms with Crippen LogP contribution in [0.25, 0.3) is 22.3 Å². The number of halogens is 2. The number of pyridine rings is 1. The lowest BCUT2D eigenvalue weighted by Gasteiger charge is -2.28. The first-order chi connectivity index (χ1) is 15.3. The second-order valence-corrected chi connectivity index (χ2v) is 8.81. The lowest BCUT2D eigenvalue weighted by molar-refractivity contribution is -0.0361. The van der Waals surface area contributed by atoms with Crippen LogP contribution >= 0.6 is 0 Å². The van der Waals surface area contributed by atoms with E-state index in [1.165, 1.54) is 0 Å². The van der Waals surface area contributed by atoms with Crippen molar-refractivity contribution in [2.75, 3.05) is 12.4 Å². The molecular weight excluding hydrogens is 414 g/mol. The van der Waals surface area contributed by atoms with E-state index in [1.807, 2.05) is 25.3 Å². The van der Waals surface area contributed by atoms with Crippen molar-refractivity contribution in [3.8, 4) is 17.1 Å². The molecule has 3 aromatic heterocycles. The summed E-state index contributed by atoms with van der Waals surface area (Å²) in [5.74, 6) is -1.49. The highest BCUT2D eigenvalue weighted by Gasteiger charge is 2.35. The molecule has 5 rings (SSSR count). The fraction of sp³-hybridized carbons (Fsp3) is 0.478. The third-order valence-electron chi connectivity index (χ3n) is 6.30. The van der Waals surface area contributed by atoms with E-state index in [4.69, 9.17) is 9.72 Å². The Morgan fingerprint density at radius 2 is 1.94 bits per heavy atom. The van der Waals surface area contributed by atoms with Crippen LogP contribution in [0.4, 0.5) is 20.4 Å². The van der Waals surface area contributed by atoms with Gasteiger partial charge in [-0.3, -0.25) is 9.98 Å². The summed E-state index contributed by atoms with van der Waals surface area (Å²) in [4.78, 5) is 21.8. The monoisotopic (exact) mass is 440 g/mol. The van der Waals surface area contributed by atoms with Gasteiger partial charge < -0.3 is 15.0 Å². The van der Waals surface area contributed by atoms with E-state index in [9.17, 15) is 8.78 Å². The third kappa shape index (κ3) is 3.80. The molecule has 1 fully saturated rings. The molecule has 0 saturated heterocycles. The van der Waals surface area contributed by atoms with Crippen LogP contribution in [0.1, 0.15) is 57.6 Å². The van der Waals surface area contributed by atoms with E-state index in [-0.39, 0.29) is 18.9 Å². The molecule has 1 aliphatic carbocycles. The Hall–Kier alpha value is -3.10. The molecule has 168 valence electrons. The summed E-state index contributed by atoms with van der Waals surface area (Å²) in [7, 11) is 1.56. The first kappa shape index (κ1) is 20.8. The maximum absolute atomic E-state index is 13.5. The predicted octanol–water partition coefficient (Wildman–Crippen LogP) is 5.62. The summed E-state index contributed by atoms with van der Waals surface area (Å²) in [6.45, 7) is 4.20. The molecule has 1 unspecified atom stereocenters. The number of aliphatic imine (C=N–C) groups is 1. The summed E-state index contributed by atoms with van der Waals surface area (Å²) in [5.41, 5.74) is 5.27. The number of aromatic nitrogens is 4. The van der Waals surface area contributed by atoms with Crippen molar-refractivity contribution in [3.05, 3.63) is 24.0 Å². The van der Waals surface area contributed by atoms with Gasteiger partial charge in [-0.25, -0.2) is 8.78 Å². The smallest absolute Gasteiger partial charge is 0.248 e. The molecule has 2 aliphatic rings. The van der Waals surface area contributed by atoms with Crippen molar-refractivity contribution in [1.82, 2.24) is 19.9 Å². The van der Waals surface area contributed by atoms with E-state index in [1.54, 1.807) is 7.11 Å². The summed E-state index contributed by atoms with van der Waals surface area (Å²) >= 11 is 0. The summed E-state index contributed by atoms with van der Waals surface area (Å²) in [6, 6.07) is 3.86. The second kappa shape index (κ2) is 7.79. The zero-order valence-electron chi connectivity index (χ0n) is 18.4. The highest BCUT2D eigenvalue weighted by Crippen LogP contribution is 2.39. The predicted molar refractivity (Wildman–Crippen MR) is 120 cm³/mol. The third-order valence-corrected chi connectivity index (χ3v) is 6.30. The molecule has 0 aromatic carbocycles. The van der Waals surface area contributed by atoms with E-state index < -0.39 is 5.92 Å². The van der Waals surface area contributed by atoms with Gasteiger partial charge in [0.1, 0.15) is 5.65 Å². The Kier molecular flexibility index (Phi) is 5.06. The van der Waals surface area contributed by atoms with Crippen molar-refractivity contribution < 1.29 is 13.5 Å². The van der Waals surface area contributed by atoms with Crippen molar-refractivity contribution in [3.63, 3.8) is 0 Å². The molecule has 7 nitrogen and oxygen atoms in total. The van der Waals surface area contributed by atoms with Gasteiger partial charge in [-0.15, -0.1) is 0 Å². The molecule has 0 spiro atoms. The number of hydrogen-bond acceptors (Lipinski definition) is 6. The average Bonchev–Trinajstić information content (AvgIpc) is 3.18. The second-order valence-electron chi connectivity index (χ2n) is 8.81. The van der Waals surface area contributed by atoms with Crippen molar-refractivity contribution >= 4 is 28.4 Å². The van der Waals surface area contributed by atoms with Gasteiger partial charge in [0.15, 0.2) is 0 Å². The average molecular weight is 440 g/mol. The molecule has 3 aromatic rings. The number of nitrogens with one attached hydrogen (secondary N) is 2.